The Bertz CT molecular complexity index is 1080. The van der Waals surface area contributed by atoms with Crippen LogP contribution in [0.25, 0.3) is 26.9 Å². The van der Waals surface area contributed by atoms with E-state index in [4.69, 9.17) is 9.47 Å². The van der Waals surface area contributed by atoms with Crippen LogP contribution in [-0.4, -0.2) is 26.6 Å². The molecule has 1 aliphatic heterocycles. The highest BCUT2D eigenvalue weighted by atomic mass is 79.9. The number of aromatic nitrogens is 4. The standard InChI is InChI=1S/C16H9BrN4O2S/c17-11-3-1-2-9(6-11)14-18-19-16-21(14)20-15(24-16)10-4-5-12-13(7-10)23-8-22-12/h1-7H,8H2. The fraction of sp³-hybridized carbons (Fsp3) is 0.0625. The summed E-state index contributed by atoms with van der Waals surface area (Å²) in [6.07, 6.45) is 0. The molecule has 1 aliphatic rings. The van der Waals surface area contributed by atoms with Gasteiger partial charge in [0.25, 0.3) is 0 Å². The lowest BCUT2D eigenvalue weighted by atomic mass is 10.2. The number of ether oxygens (including phenoxy) is 2. The summed E-state index contributed by atoms with van der Waals surface area (Å²) in [6, 6.07) is 13.7. The van der Waals surface area contributed by atoms with Crippen LogP contribution in [0.4, 0.5) is 0 Å². The highest BCUT2D eigenvalue weighted by Crippen LogP contribution is 2.37. The van der Waals surface area contributed by atoms with Crippen molar-refractivity contribution in [1.29, 1.82) is 0 Å². The molecule has 4 aromatic rings. The minimum absolute atomic E-state index is 0.261. The Morgan fingerprint density at radius 3 is 2.83 bits per heavy atom. The second kappa shape index (κ2) is 5.29. The van der Waals surface area contributed by atoms with Crippen LogP contribution in [-0.2, 0) is 0 Å². The molecular weight excluding hydrogens is 392 g/mol. The smallest absolute Gasteiger partial charge is 0.235 e. The van der Waals surface area contributed by atoms with Crippen molar-refractivity contribution >= 4 is 32.2 Å². The molecule has 0 saturated heterocycles. The number of nitrogens with zero attached hydrogens (tertiary/aromatic N) is 4. The molecule has 8 heteroatoms. The van der Waals surface area contributed by atoms with E-state index in [1.54, 1.807) is 4.52 Å². The van der Waals surface area contributed by atoms with E-state index >= 15 is 0 Å². The van der Waals surface area contributed by atoms with Gasteiger partial charge in [0.1, 0.15) is 5.01 Å². The van der Waals surface area contributed by atoms with Gasteiger partial charge in [-0.3, -0.25) is 0 Å². The second-order valence-electron chi connectivity index (χ2n) is 5.20. The minimum Gasteiger partial charge on any atom is -0.454 e. The molecule has 0 atom stereocenters. The van der Waals surface area contributed by atoms with Crippen LogP contribution < -0.4 is 9.47 Å². The van der Waals surface area contributed by atoms with Gasteiger partial charge in [-0.05, 0) is 30.3 Å². The van der Waals surface area contributed by atoms with Crippen LogP contribution in [0.1, 0.15) is 0 Å². The third-order valence-corrected chi connectivity index (χ3v) is 5.13. The first-order chi connectivity index (χ1) is 11.8. The van der Waals surface area contributed by atoms with Gasteiger partial charge in [-0.25, -0.2) is 0 Å². The first-order valence-corrected chi connectivity index (χ1v) is 8.77. The molecule has 6 nitrogen and oxygen atoms in total. The molecule has 0 aliphatic carbocycles. The summed E-state index contributed by atoms with van der Waals surface area (Å²) in [6.45, 7) is 0.261. The fourth-order valence-corrected chi connectivity index (χ4v) is 3.81. The average Bonchev–Trinajstić information content (AvgIpc) is 3.29. The molecule has 0 unspecified atom stereocenters. The molecule has 3 heterocycles. The lowest BCUT2D eigenvalue weighted by molar-refractivity contribution is 0.174. The molecule has 0 radical (unpaired) electrons. The molecule has 0 amide bonds. The lowest BCUT2D eigenvalue weighted by Gasteiger charge is -1.99. The van der Waals surface area contributed by atoms with Gasteiger partial charge in [0.2, 0.25) is 11.8 Å². The summed E-state index contributed by atoms with van der Waals surface area (Å²) in [5.41, 5.74) is 1.93. The molecule has 2 aromatic carbocycles. The van der Waals surface area contributed by atoms with E-state index in [0.29, 0.717) is 0 Å². The summed E-state index contributed by atoms with van der Waals surface area (Å²) < 4.78 is 13.5. The maximum Gasteiger partial charge on any atom is 0.235 e. The van der Waals surface area contributed by atoms with Gasteiger partial charge in [0, 0.05) is 15.6 Å². The number of benzene rings is 2. The van der Waals surface area contributed by atoms with E-state index in [-0.39, 0.29) is 6.79 Å². The van der Waals surface area contributed by atoms with Crippen molar-refractivity contribution in [2.45, 2.75) is 0 Å². The van der Waals surface area contributed by atoms with Crippen molar-refractivity contribution in [3.63, 3.8) is 0 Å². The molecule has 0 N–H and O–H groups in total. The van der Waals surface area contributed by atoms with E-state index in [1.807, 2.05) is 42.5 Å². The number of halogens is 1. The Morgan fingerprint density at radius 1 is 1.00 bits per heavy atom. The summed E-state index contributed by atoms with van der Waals surface area (Å²) in [4.78, 5) is 0.748. The van der Waals surface area contributed by atoms with Crippen LogP contribution in [0, 0.1) is 0 Å². The third-order valence-electron chi connectivity index (χ3n) is 3.69. The van der Waals surface area contributed by atoms with E-state index in [1.165, 1.54) is 11.3 Å². The van der Waals surface area contributed by atoms with Crippen LogP contribution >= 0.6 is 27.3 Å². The maximum absolute atomic E-state index is 5.44. The molecule has 5 rings (SSSR count). The Hall–Kier alpha value is -2.45. The molecular formula is C16H9BrN4O2S. The number of hydrogen-bond acceptors (Lipinski definition) is 6. The van der Waals surface area contributed by atoms with Crippen LogP contribution in [0.15, 0.2) is 46.9 Å². The van der Waals surface area contributed by atoms with Crippen LogP contribution in [0.5, 0.6) is 11.5 Å². The largest absolute Gasteiger partial charge is 0.454 e. The van der Waals surface area contributed by atoms with E-state index in [9.17, 15) is 0 Å². The summed E-state index contributed by atoms with van der Waals surface area (Å²) in [7, 11) is 0. The molecule has 24 heavy (non-hydrogen) atoms. The quantitative estimate of drug-likeness (QED) is 0.508. The first-order valence-electron chi connectivity index (χ1n) is 7.16. The monoisotopic (exact) mass is 400 g/mol. The number of hydrogen-bond donors (Lipinski definition) is 0. The first kappa shape index (κ1) is 13.9. The van der Waals surface area contributed by atoms with Gasteiger partial charge in [-0.1, -0.05) is 39.4 Å². The van der Waals surface area contributed by atoms with E-state index in [2.05, 4.69) is 31.2 Å². The van der Waals surface area contributed by atoms with Gasteiger partial charge in [0.05, 0.1) is 0 Å². The summed E-state index contributed by atoms with van der Waals surface area (Å²) in [5.74, 6) is 2.22. The van der Waals surface area contributed by atoms with Crippen molar-refractivity contribution in [2.24, 2.45) is 0 Å². The molecule has 0 saturated carbocycles. The Morgan fingerprint density at radius 2 is 1.92 bits per heavy atom. The second-order valence-corrected chi connectivity index (χ2v) is 7.08. The van der Waals surface area contributed by atoms with Gasteiger partial charge < -0.3 is 9.47 Å². The molecule has 0 spiro atoms. The maximum atomic E-state index is 5.44. The van der Waals surface area contributed by atoms with Gasteiger partial charge in [-0.15, -0.1) is 10.2 Å². The highest BCUT2D eigenvalue weighted by Gasteiger charge is 2.18. The normalized spacial score (nSPS) is 12.9. The summed E-state index contributed by atoms with van der Waals surface area (Å²) in [5, 5.41) is 14.0. The number of fused-ring (bicyclic) bond motifs is 2. The van der Waals surface area contributed by atoms with Crippen molar-refractivity contribution in [1.82, 2.24) is 19.8 Å². The molecule has 0 fully saturated rings. The predicted molar refractivity (Wildman–Crippen MR) is 93.4 cm³/mol. The topological polar surface area (TPSA) is 61.5 Å². The molecule has 2 aromatic heterocycles. The van der Waals surface area contributed by atoms with Crippen molar-refractivity contribution < 1.29 is 9.47 Å². The van der Waals surface area contributed by atoms with Crippen LogP contribution in [0.3, 0.4) is 0 Å². The van der Waals surface area contributed by atoms with Crippen molar-refractivity contribution in [3.8, 4) is 33.5 Å². The zero-order valence-electron chi connectivity index (χ0n) is 12.1. The molecule has 0 bridgehead atoms. The Kier molecular flexibility index (Phi) is 3.07. The minimum atomic E-state index is 0.261. The number of rotatable bonds is 2. The zero-order chi connectivity index (χ0) is 16.1. The summed E-state index contributed by atoms with van der Waals surface area (Å²) >= 11 is 4.97. The third kappa shape index (κ3) is 2.18. The fourth-order valence-electron chi connectivity index (χ4n) is 2.57. The Balaban J connectivity index is 1.62. The average molecular weight is 401 g/mol. The SMILES string of the molecule is Brc1cccc(-c2nnc3sc(-c4ccc5c(c4)OCO5)nn23)c1. The predicted octanol–water partition coefficient (Wildman–Crippen LogP) is 4.01. The zero-order valence-corrected chi connectivity index (χ0v) is 14.5. The van der Waals surface area contributed by atoms with E-state index in [0.717, 1.165) is 42.9 Å². The Labute approximate surface area is 148 Å². The van der Waals surface area contributed by atoms with Gasteiger partial charge in [0.15, 0.2) is 17.3 Å². The van der Waals surface area contributed by atoms with Crippen molar-refractivity contribution in [3.05, 3.63) is 46.9 Å². The van der Waals surface area contributed by atoms with Crippen LogP contribution in [0.2, 0.25) is 0 Å². The molecule has 118 valence electrons. The lowest BCUT2D eigenvalue weighted by Crippen LogP contribution is -1.92. The van der Waals surface area contributed by atoms with Gasteiger partial charge >= 0.3 is 0 Å². The highest BCUT2D eigenvalue weighted by molar-refractivity contribution is 9.10. The van der Waals surface area contributed by atoms with Crippen molar-refractivity contribution in [2.75, 3.05) is 6.79 Å². The van der Waals surface area contributed by atoms with E-state index < -0.39 is 0 Å². The van der Waals surface area contributed by atoms with Gasteiger partial charge in [-0.2, -0.15) is 9.61 Å².